The second-order valence-electron chi connectivity index (χ2n) is 5.37. The molecular formula is C15H22BrNO. The number of methoxy groups -OCH3 is 1. The molecule has 0 amide bonds. The second-order valence-corrected chi connectivity index (χ2v) is 6.29. The fraction of sp³-hybridized carbons (Fsp3) is 0.600. The predicted molar refractivity (Wildman–Crippen MR) is 78.9 cm³/mol. The molecule has 0 bridgehead atoms. The molecule has 0 spiro atoms. The molecule has 2 nitrogen and oxygen atoms in total. The van der Waals surface area contributed by atoms with E-state index >= 15 is 0 Å². The summed E-state index contributed by atoms with van der Waals surface area (Å²) in [7, 11) is 1.73. The molecule has 2 atom stereocenters. The van der Waals surface area contributed by atoms with Gasteiger partial charge < -0.3 is 10.1 Å². The summed E-state index contributed by atoms with van der Waals surface area (Å²) in [6.45, 7) is 4.37. The Morgan fingerprint density at radius 3 is 2.89 bits per heavy atom. The molecule has 1 fully saturated rings. The SMILES string of the molecule is COc1ccc(Br)cc1CNCC1CCC(C)C1. The maximum Gasteiger partial charge on any atom is 0.123 e. The van der Waals surface area contributed by atoms with Gasteiger partial charge in [0.1, 0.15) is 5.75 Å². The number of hydrogen-bond donors (Lipinski definition) is 1. The molecule has 0 aliphatic heterocycles. The van der Waals surface area contributed by atoms with E-state index in [2.05, 4.69) is 34.2 Å². The van der Waals surface area contributed by atoms with Crippen molar-refractivity contribution in [3.05, 3.63) is 28.2 Å². The minimum absolute atomic E-state index is 0.859. The third-order valence-electron chi connectivity index (χ3n) is 3.79. The Morgan fingerprint density at radius 1 is 1.39 bits per heavy atom. The first-order valence-corrected chi connectivity index (χ1v) is 7.51. The summed E-state index contributed by atoms with van der Waals surface area (Å²) >= 11 is 3.51. The largest absolute Gasteiger partial charge is 0.496 e. The van der Waals surface area contributed by atoms with Crippen molar-refractivity contribution in [1.82, 2.24) is 5.32 Å². The fourth-order valence-corrected chi connectivity index (χ4v) is 3.22. The molecular weight excluding hydrogens is 290 g/mol. The van der Waals surface area contributed by atoms with Crippen LogP contribution in [0.4, 0.5) is 0 Å². The summed E-state index contributed by atoms with van der Waals surface area (Å²) in [5, 5.41) is 3.57. The first-order valence-electron chi connectivity index (χ1n) is 6.72. The van der Waals surface area contributed by atoms with Crippen LogP contribution < -0.4 is 10.1 Å². The van der Waals surface area contributed by atoms with Crippen molar-refractivity contribution >= 4 is 15.9 Å². The van der Waals surface area contributed by atoms with E-state index in [-0.39, 0.29) is 0 Å². The maximum atomic E-state index is 5.38. The number of halogens is 1. The van der Waals surface area contributed by atoms with Gasteiger partial charge in [-0.3, -0.25) is 0 Å². The smallest absolute Gasteiger partial charge is 0.123 e. The van der Waals surface area contributed by atoms with Crippen LogP contribution >= 0.6 is 15.9 Å². The van der Waals surface area contributed by atoms with Gasteiger partial charge in [-0.05, 0) is 49.4 Å². The lowest BCUT2D eigenvalue weighted by Gasteiger charge is -2.13. The van der Waals surface area contributed by atoms with E-state index in [0.29, 0.717) is 0 Å². The lowest BCUT2D eigenvalue weighted by atomic mass is 10.1. The van der Waals surface area contributed by atoms with Gasteiger partial charge in [0, 0.05) is 16.6 Å². The molecule has 0 radical (unpaired) electrons. The van der Waals surface area contributed by atoms with E-state index in [1.807, 2.05) is 12.1 Å². The van der Waals surface area contributed by atoms with E-state index in [0.717, 1.165) is 35.1 Å². The Morgan fingerprint density at radius 2 is 2.22 bits per heavy atom. The van der Waals surface area contributed by atoms with Crippen LogP contribution in [0.25, 0.3) is 0 Å². The molecule has 2 rings (SSSR count). The second kappa shape index (κ2) is 6.58. The monoisotopic (exact) mass is 311 g/mol. The maximum absolute atomic E-state index is 5.38. The van der Waals surface area contributed by atoms with Gasteiger partial charge in [0.2, 0.25) is 0 Å². The van der Waals surface area contributed by atoms with Gasteiger partial charge in [-0.2, -0.15) is 0 Å². The van der Waals surface area contributed by atoms with E-state index < -0.39 is 0 Å². The molecule has 1 aromatic rings. The molecule has 1 N–H and O–H groups in total. The van der Waals surface area contributed by atoms with Crippen molar-refractivity contribution in [2.45, 2.75) is 32.7 Å². The molecule has 0 heterocycles. The Balaban J connectivity index is 1.84. The van der Waals surface area contributed by atoms with Gasteiger partial charge in [-0.1, -0.05) is 29.3 Å². The van der Waals surface area contributed by atoms with Crippen LogP contribution in [-0.2, 0) is 6.54 Å². The first kappa shape index (κ1) is 13.9. The quantitative estimate of drug-likeness (QED) is 0.888. The highest BCUT2D eigenvalue weighted by atomic mass is 79.9. The van der Waals surface area contributed by atoms with Crippen LogP contribution in [0.2, 0.25) is 0 Å². The number of hydrogen-bond acceptors (Lipinski definition) is 2. The lowest BCUT2D eigenvalue weighted by Crippen LogP contribution is -2.21. The van der Waals surface area contributed by atoms with Crippen molar-refractivity contribution in [3.63, 3.8) is 0 Å². The van der Waals surface area contributed by atoms with E-state index in [1.165, 1.54) is 24.8 Å². The Bertz CT molecular complexity index is 394. The molecule has 1 saturated carbocycles. The highest BCUT2D eigenvalue weighted by molar-refractivity contribution is 9.10. The zero-order valence-corrected chi connectivity index (χ0v) is 12.8. The Kier molecular flexibility index (Phi) is 5.07. The van der Waals surface area contributed by atoms with Crippen LogP contribution in [0.3, 0.4) is 0 Å². The Labute approximate surface area is 118 Å². The molecule has 0 aromatic heterocycles. The molecule has 100 valence electrons. The average molecular weight is 312 g/mol. The Hall–Kier alpha value is -0.540. The topological polar surface area (TPSA) is 21.3 Å². The van der Waals surface area contributed by atoms with E-state index in [1.54, 1.807) is 7.11 Å². The standard InChI is InChI=1S/C15H22BrNO/c1-11-3-4-12(7-11)9-17-10-13-8-14(16)5-6-15(13)18-2/h5-6,8,11-12,17H,3-4,7,9-10H2,1-2H3. The van der Waals surface area contributed by atoms with Gasteiger partial charge in [-0.15, -0.1) is 0 Å². The minimum atomic E-state index is 0.859. The number of nitrogens with one attached hydrogen (secondary N) is 1. The molecule has 3 heteroatoms. The average Bonchev–Trinajstić information content (AvgIpc) is 2.75. The molecule has 1 aliphatic rings. The summed E-state index contributed by atoms with van der Waals surface area (Å²) in [4.78, 5) is 0. The van der Waals surface area contributed by atoms with Gasteiger partial charge in [0.25, 0.3) is 0 Å². The number of rotatable bonds is 5. The van der Waals surface area contributed by atoms with Crippen molar-refractivity contribution in [1.29, 1.82) is 0 Å². The third kappa shape index (κ3) is 3.72. The lowest BCUT2D eigenvalue weighted by molar-refractivity contribution is 0.404. The van der Waals surface area contributed by atoms with Crippen molar-refractivity contribution < 1.29 is 4.74 Å². The fourth-order valence-electron chi connectivity index (χ4n) is 2.81. The molecule has 1 aromatic carbocycles. The van der Waals surface area contributed by atoms with Crippen molar-refractivity contribution in [2.24, 2.45) is 11.8 Å². The summed E-state index contributed by atoms with van der Waals surface area (Å²) in [6, 6.07) is 6.16. The highest BCUT2D eigenvalue weighted by Crippen LogP contribution is 2.30. The van der Waals surface area contributed by atoms with Crippen molar-refractivity contribution in [3.8, 4) is 5.75 Å². The molecule has 1 aliphatic carbocycles. The highest BCUT2D eigenvalue weighted by Gasteiger charge is 2.20. The first-order chi connectivity index (χ1) is 8.69. The summed E-state index contributed by atoms with van der Waals surface area (Å²) < 4.78 is 6.49. The number of ether oxygens (including phenoxy) is 1. The molecule has 2 unspecified atom stereocenters. The molecule has 0 saturated heterocycles. The minimum Gasteiger partial charge on any atom is -0.496 e. The summed E-state index contributed by atoms with van der Waals surface area (Å²) in [6.07, 6.45) is 4.15. The normalized spacial score (nSPS) is 23.3. The number of benzene rings is 1. The van der Waals surface area contributed by atoms with Gasteiger partial charge >= 0.3 is 0 Å². The zero-order valence-electron chi connectivity index (χ0n) is 11.2. The van der Waals surface area contributed by atoms with Crippen LogP contribution in [-0.4, -0.2) is 13.7 Å². The zero-order chi connectivity index (χ0) is 13.0. The predicted octanol–water partition coefficient (Wildman–Crippen LogP) is 3.98. The van der Waals surface area contributed by atoms with E-state index in [9.17, 15) is 0 Å². The summed E-state index contributed by atoms with van der Waals surface area (Å²) in [5.74, 6) is 2.74. The van der Waals surface area contributed by atoms with Crippen LogP contribution in [0, 0.1) is 11.8 Å². The van der Waals surface area contributed by atoms with Crippen LogP contribution in [0.1, 0.15) is 31.7 Å². The van der Waals surface area contributed by atoms with Crippen LogP contribution in [0.5, 0.6) is 5.75 Å². The van der Waals surface area contributed by atoms with Gasteiger partial charge in [0.15, 0.2) is 0 Å². The van der Waals surface area contributed by atoms with Crippen molar-refractivity contribution in [2.75, 3.05) is 13.7 Å². The third-order valence-corrected chi connectivity index (χ3v) is 4.29. The van der Waals surface area contributed by atoms with Gasteiger partial charge in [-0.25, -0.2) is 0 Å². The van der Waals surface area contributed by atoms with E-state index in [4.69, 9.17) is 4.74 Å². The van der Waals surface area contributed by atoms with Gasteiger partial charge in [0.05, 0.1) is 7.11 Å². The summed E-state index contributed by atoms with van der Waals surface area (Å²) in [5.41, 5.74) is 1.22. The van der Waals surface area contributed by atoms with Crippen LogP contribution in [0.15, 0.2) is 22.7 Å². The molecule has 18 heavy (non-hydrogen) atoms.